The summed E-state index contributed by atoms with van der Waals surface area (Å²) in [6.45, 7) is 4.49. The molecule has 0 aromatic heterocycles. The zero-order chi connectivity index (χ0) is 9.03. The topological polar surface area (TPSA) is 35.5 Å². The Labute approximate surface area is 73.0 Å². The summed E-state index contributed by atoms with van der Waals surface area (Å²) in [7, 11) is 0. The van der Waals surface area contributed by atoms with Crippen LogP contribution in [0.3, 0.4) is 0 Å². The maximum Gasteiger partial charge on any atom is 0.509 e. The second-order valence-corrected chi connectivity index (χ2v) is 3.55. The van der Waals surface area contributed by atoms with Gasteiger partial charge in [-0.1, -0.05) is 19.8 Å². The Morgan fingerprint density at radius 2 is 2.25 bits per heavy atom. The lowest BCUT2D eigenvalue weighted by atomic mass is 10.00. The smallest absolute Gasteiger partial charge is 0.430 e. The molecule has 1 heterocycles. The standard InChI is InChI=1S/C9H16O3/c1-3-4-5-6-9(2)7-11-8(10)12-9/h3-7H2,1-2H3. The molecule has 0 aliphatic carbocycles. The quantitative estimate of drug-likeness (QED) is 0.482. The predicted molar refractivity (Wildman–Crippen MR) is 45.0 cm³/mol. The van der Waals surface area contributed by atoms with E-state index in [1.165, 1.54) is 12.8 Å². The van der Waals surface area contributed by atoms with Crippen LogP contribution in [-0.2, 0) is 9.47 Å². The van der Waals surface area contributed by atoms with Gasteiger partial charge in [0.2, 0.25) is 0 Å². The number of rotatable bonds is 4. The van der Waals surface area contributed by atoms with Gasteiger partial charge >= 0.3 is 6.16 Å². The lowest BCUT2D eigenvalue weighted by Gasteiger charge is -2.18. The highest BCUT2D eigenvalue weighted by atomic mass is 16.8. The molecule has 1 rings (SSSR count). The number of carbonyl (C=O) groups is 1. The highest BCUT2D eigenvalue weighted by Crippen LogP contribution is 2.25. The van der Waals surface area contributed by atoms with Crippen molar-refractivity contribution in [2.75, 3.05) is 6.61 Å². The first-order valence-corrected chi connectivity index (χ1v) is 4.52. The van der Waals surface area contributed by atoms with Gasteiger partial charge in [0.05, 0.1) is 0 Å². The van der Waals surface area contributed by atoms with Gasteiger partial charge in [-0.05, 0) is 19.8 Å². The maximum atomic E-state index is 10.6. The Morgan fingerprint density at radius 3 is 2.75 bits per heavy atom. The van der Waals surface area contributed by atoms with E-state index in [4.69, 9.17) is 9.47 Å². The minimum atomic E-state index is -0.519. The SMILES string of the molecule is CCCCCC1(C)COC(=O)O1. The zero-order valence-electron chi connectivity index (χ0n) is 7.76. The number of cyclic esters (lactones) is 2. The van der Waals surface area contributed by atoms with Crippen molar-refractivity contribution in [2.45, 2.75) is 45.1 Å². The molecule has 70 valence electrons. The van der Waals surface area contributed by atoms with Gasteiger partial charge in [-0.3, -0.25) is 0 Å². The third-order valence-electron chi connectivity index (χ3n) is 2.13. The monoisotopic (exact) mass is 172 g/mol. The van der Waals surface area contributed by atoms with Crippen molar-refractivity contribution in [1.29, 1.82) is 0 Å². The van der Waals surface area contributed by atoms with Gasteiger partial charge in [0.1, 0.15) is 12.2 Å². The molecule has 0 radical (unpaired) electrons. The third-order valence-corrected chi connectivity index (χ3v) is 2.13. The van der Waals surface area contributed by atoms with Crippen LogP contribution >= 0.6 is 0 Å². The van der Waals surface area contributed by atoms with E-state index < -0.39 is 6.16 Å². The van der Waals surface area contributed by atoms with Crippen LogP contribution in [-0.4, -0.2) is 18.4 Å². The molecule has 0 aromatic carbocycles. The highest BCUT2D eigenvalue weighted by Gasteiger charge is 2.36. The first kappa shape index (κ1) is 9.36. The molecule has 12 heavy (non-hydrogen) atoms. The van der Waals surface area contributed by atoms with Gasteiger partial charge in [0.25, 0.3) is 0 Å². The molecule has 3 nitrogen and oxygen atoms in total. The van der Waals surface area contributed by atoms with Crippen LogP contribution in [0.4, 0.5) is 4.79 Å². The normalized spacial score (nSPS) is 28.3. The van der Waals surface area contributed by atoms with E-state index in [0.29, 0.717) is 6.61 Å². The molecule has 1 aliphatic heterocycles. The Morgan fingerprint density at radius 1 is 1.50 bits per heavy atom. The van der Waals surface area contributed by atoms with Crippen molar-refractivity contribution < 1.29 is 14.3 Å². The summed E-state index contributed by atoms with van der Waals surface area (Å²) in [4.78, 5) is 10.6. The highest BCUT2D eigenvalue weighted by molar-refractivity contribution is 5.62. The van der Waals surface area contributed by atoms with Crippen LogP contribution in [0.5, 0.6) is 0 Å². The first-order chi connectivity index (χ1) is 5.66. The van der Waals surface area contributed by atoms with Crippen molar-refractivity contribution in [3.63, 3.8) is 0 Å². The number of hydrogen-bond donors (Lipinski definition) is 0. The van der Waals surface area contributed by atoms with Gasteiger partial charge in [0.15, 0.2) is 0 Å². The summed E-state index contributed by atoms with van der Waals surface area (Å²) in [6.07, 6.45) is 3.86. The minimum absolute atomic E-state index is 0.355. The van der Waals surface area contributed by atoms with E-state index >= 15 is 0 Å². The number of carbonyl (C=O) groups excluding carboxylic acids is 1. The van der Waals surface area contributed by atoms with Crippen LogP contribution in [0.2, 0.25) is 0 Å². The van der Waals surface area contributed by atoms with Crippen LogP contribution in [0.25, 0.3) is 0 Å². The van der Waals surface area contributed by atoms with Gasteiger partial charge in [-0.15, -0.1) is 0 Å². The molecule has 3 heteroatoms. The van der Waals surface area contributed by atoms with Crippen LogP contribution < -0.4 is 0 Å². The van der Waals surface area contributed by atoms with E-state index in [1.54, 1.807) is 0 Å². The molecule has 1 saturated heterocycles. The van der Waals surface area contributed by atoms with E-state index in [9.17, 15) is 4.79 Å². The molecule has 0 N–H and O–H groups in total. The molecule has 1 fully saturated rings. The summed E-state index contributed by atoms with van der Waals surface area (Å²) in [5.74, 6) is 0. The third kappa shape index (κ3) is 2.40. The van der Waals surface area contributed by atoms with Crippen molar-refractivity contribution >= 4 is 6.16 Å². The average Bonchev–Trinajstić information content (AvgIpc) is 2.32. The fourth-order valence-electron chi connectivity index (χ4n) is 1.34. The molecule has 0 aromatic rings. The predicted octanol–water partition coefficient (Wildman–Crippen LogP) is 2.49. The summed E-state index contributed by atoms with van der Waals surface area (Å²) >= 11 is 0. The Balaban J connectivity index is 2.25. The van der Waals surface area contributed by atoms with E-state index in [1.807, 2.05) is 6.92 Å². The van der Waals surface area contributed by atoms with Crippen LogP contribution in [0, 0.1) is 0 Å². The summed E-state index contributed by atoms with van der Waals surface area (Å²) in [5, 5.41) is 0. The largest absolute Gasteiger partial charge is 0.509 e. The number of unbranched alkanes of at least 4 members (excludes halogenated alkanes) is 2. The maximum absolute atomic E-state index is 10.6. The second-order valence-electron chi connectivity index (χ2n) is 3.55. The average molecular weight is 172 g/mol. The molecule has 1 aliphatic rings. The fraction of sp³-hybridized carbons (Fsp3) is 0.889. The van der Waals surface area contributed by atoms with Crippen LogP contribution in [0.15, 0.2) is 0 Å². The Bertz CT molecular complexity index is 167. The molecule has 0 amide bonds. The fourth-order valence-corrected chi connectivity index (χ4v) is 1.34. The van der Waals surface area contributed by atoms with Gasteiger partial charge in [-0.25, -0.2) is 4.79 Å². The minimum Gasteiger partial charge on any atom is -0.430 e. The van der Waals surface area contributed by atoms with Crippen molar-refractivity contribution in [3.05, 3.63) is 0 Å². The molecule has 0 spiro atoms. The lowest BCUT2D eigenvalue weighted by molar-refractivity contribution is 0.0625. The van der Waals surface area contributed by atoms with E-state index in [2.05, 4.69) is 6.92 Å². The molecule has 0 saturated carbocycles. The van der Waals surface area contributed by atoms with Crippen molar-refractivity contribution in [2.24, 2.45) is 0 Å². The Kier molecular flexibility index (Phi) is 2.95. The Hall–Kier alpha value is -0.730. The van der Waals surface area contributed by atoms with Crippen molar-refractivity contribution in [3.8, 4) is 0 Å². The molecular weight excluding hydrogens is 156 g/mol. The lowest BCUT2D eigenvalue weighted by Crippen LogP contribution is -2.27. The van der Waals surface area contributed by atoms with Gasteiger partial charge in [0, 0.05) is 0 Å². The first-order valence-electron chi connectivity index (χ1n) is 4.52. The molecule has 1 atom stereocenters. The van der Waals surface area contributed by atoms with Crippen LogP contribution in [0.1, 0.15) is 39.5 Å². The van der Waals surface area contributed by atoms with E-state index in [-0.39, 0.29) is 5.60 Å². The van der Waals surface area contributed by atoms with Crippen molar-refractivity contribution in [1.82, 2.24) is 0 Å². The number of ether oxygens (including phenoxy) is 2. The van der Waals surface area contributed by atoms with Gasteiger partial charge < -0.3 is 9.47 Å². The molecule has 1 unspecified atom stereocenters. The zero-order valence-corrected chi connectivity index (χ0v) is 7.76. The molecule has 0 bridgehead atoms. The van der Waals surface area contributed by atoms with E-state index in [0.717, 1.165) is 12.8 Å². The summed E-state index contributed by atoms with van der Waals surface area (Å²) < 4.78 is 9.77. The molecular formula is C9H16O3. The van der Waals surface area contributed by atoms with Gasteiger partial charge in [-0.2, -0.15) is 0 Å². The number of hydrogen-bond acceptors (Lipinski definition) is 3. The summed E-state index contributed by atoms with van der Waals surface area (Å²) in [5.41, 5.74) is -0.355. The summed E-state index contributed by atoms with van der Waals surface area (Å²) in [6, 6.07) is 0. The second kappa shape index (κ2) is 3.78.